The molecule has 0 aliphatic carbocycles. The maximum Gasteiger partial charge on any atom is 0.313 e. The Kier molecular flexibility index (Phi) is 3.17. The van der Waals surface area contributed by atoms with E-state index in [0.717, 1.165) is 24.4 Å². The van der Waals surface area contributed by atoms with E-state index in [9.17, 15) is 23.7 Å². The number of benzene rings is 1. The summed E-state index contributed by atoms with van der Waals surface area (Å²) >= 11 is 0. The molecule has 0 unspecified atom stereocenters. The zero-order valence-electron chi connectivity index (χ0n) is 9.46. The van der Waals surface area contributed by atoms with Crippen molar-refractivity contribution in [3.63, 3.8) is 0 Å². The molecule has 0 amide bonds. The fraction of sp³-hybridized carbons (Fsp3) is 0. The van der Waals surface area contributed by atoms with E-state index in [1.807, 2.05) is 0 Å². The lowest BCUT2D eigenvalue weighted by Crippen LogP contribution is -2.33. The van der Waals surface area contributed by atoms with Crippen LogP contribution in [0.5, 0.6) is 0 Å². The lowest BCUT2D eigenvalue weighted by atomic mass is 10.3. The van der Waals surface area contributed by atoms with Gasteiger partial charge in [-0.2, -0.15) is 4.73 Å². The highest BCUT2D eigenvalue weighted by Crippen LogP contribution is 2.27. The number of aromatic nitrogens is 1. The smallest absolute Gasteiger partial charge is 0.313 e. The number of pyridine rings is 1. The van der Waals surface area contributed by atoms with E-state index in [-0.39, 0.29) is 4.73 Å². The van der Waals surface area contributed by atoms with E-state index in [0.29, 0.717) is 0 Å². The van der Waals surface area contributed by atoms with Crippen molar-refractivity contribution >= 4 is 15.5 Å². The highest BCUT2D eigenvalue weighted by atomic mass is 32.2. The molecule has 1 heterocycles. The van der Waals surface area contributed by atoms with Crippen LogP contribution in [0.1, 0.15) is 0 Å². The molecule has 0 bridgehead atoms. The van der Waals surface area contributed by atoms with E-state index >= 15 is 0 Å². The highest BCUT2D eigenvalue weighted by molar-refractivity contribution is 7.91. The molecule has 0 saturated heterocycles. The van der Waals surface area contributed by atoms with E-state index in [1.54, 1.807) is 0 Å². The van der Waals surface area contributed by atoms with Crippen molar-refractivity contribution in [1.82, 2.24) is 0 Å². The predicted molar refractivity (Wildman–Crippen MR) is 64.0 cm³/mol. The Morgan fingerprint density at radius 2 is 1.68 bits per heavy atom. The SMILES string of the molecule is O=[N+]([O-])c1ccccc1S(=O)(=O)c1cccc[n+]1[O-]. The molecule has 0 aliphatic heterocycles. The summed E-state index contributed by atoms with van der Waals surface area (Å²) in [6.07, 6.45) is 1.02. The summed E-state index contributed by atoms with van der Waals surface area (Å²) in [5, 5.41) is 21.8. The minimum absolute atomic E-state index is 0.159. The van der Waals surface area contributed by atoms with Gasteiger partial charge in [0.15, 0.2) is 11.1 Å². The number of rotatable bonds is 3. The molecule has 2 aromatic rings. The molecule has 19 heavy (non-hydrogen) atoms. The monoisotopic (exact) mass is 280 g/mol. The summed E-state index contributed by atoms with van der Waals surface area (Å²) in [5.41, 5.74) is -0.564. The Morgan fingerprint density at radius 3 is 2.32 bits per heavy atom. The van der Waals surface area contributed by atoms with Gasteiger partial charge < -0.3 is 5.21 Å². The minimum atomic E-state index is -4.24. The summed E-state index contributed by atoms with van der Waals surface area (Å²) in [7, 11) is -4.24. The third-order valence-electron chi connectivity index (χ3n) is 2.42. The third-order valence-corrected chi connectivity index (χ3v) is 4.21. The minimum Gasteiger partial charge on any atom is -0.618 e. The average molecular weight is 280 g/mol. The highest BCUT2D eigenvalue weighted by Gasteiger charge is 2.32. The Balaban J connectivity index is 2.72. The lowest BCUT2D eigenvalue weighted by Gasteiger charge is -2.05. The van der Waals surface area contributed by atoms with Crippen LogP contribution in [-0.2, 0) is 9.84 Å². The van der Waals surface area contributed by atoms with E-state index in [1.165, 1.54) is 24.3 Å². The quantitative estimate of drug-likeness (QED) is 0.362. The predicted octanol–water partition coefficient (Wildman–Crippen LogP) is 1.06. The molecule has 1 aromatic carbocycles. The Morgan fingerprint density at radius 1 is 1.05 bits per heavy atom. The number of para-hydroxylation sites is 1. The average Bonchev–Trinajstić information content (AvgIpc) is 2.39. The molecule has 0 saturated carbocycles. The summed E-state index contributed by atoms with van der Waals surface area (Å²) < 4.78 is 24.7. The normalized spacial score (nSPS) is 11.2. The molecular weight excluding hydrogens is 272 g/mol. The van der Waals surface area contributed by atoms with Gasteiger partial charge in [0.05, 0.1) is 4.92 Å². The van der Waals surface area contributed by atoms with Crippen molar-refractivity contribution in [2.24, 2.45) is 0 Å². The van der Waals surface area contributed by atoms with Crippen LogP contribution in [0.3, 0.4) is 0 Å². The van der Waals surface area contributed by atoms with Gasteiger partial charge in [0.1, 0.15) is 0 Å². The van der Waals surface area contributed by atoms with Crippen LogP contribution in [0.4, 0.5) is 5.69 Å². The van der Waals surface area contributed by atoms with E-state index < -0.39 is 30.4 Å². The molecule has 0 radical (unpaired) electrons. The Bertz CT molecular complexity index is 742. The van der Waals surface area contributed by atoms with Crippen LogP contribution in [0.25, 0.3) is 0 Å². The van der Waals surface area contributed by atoms with Gasteiger partial charge in [0, 0.05) is 18.2 Å². The van der Waals surface area contributed by atoms with Crippen LogP contribution in [0.2, 0.25) is 0 Å². The zero-order chi connectivity index (χ0) is 14.0. The molecule has 1 aromatic heterocycles. The molecule has 0 spiro atoms. The molecule has 0 fully saturated rings. The third kappa shape index (κ3) is 2.25. The van der Waals surface area contributed by atoms with Gasteiger partial charge in [0.25, 0.3) is 15.5 Å². The largest absolute Gasteiger partial charge is 0.618 e. The van der Waals surface area contributed by atoms with Crippen molar-refractivity contribution in [2.75, 3.05) is 0 Å². The van der Waals surface area contributed by atoms with Gasteiger partial charge in [-0.05, 0) is 12.1 Å². The fourth-order valence-corrected chi connectivity index (χ4v) is 3.02. The van der Waals surface area contributed by atoms with Crippen LogP contribution in [-0.4, -0.2) is 13.3 Å². The van der Waals surface area contributed by atoms with Gasteiger partial charge >= 0.3 is 5.03 Å². The number of nitro benzene ring substituents is 1. The first kappa shape index (κ1) is 13.0. The number of nitrogens with zero attached hydrogens (tertiary/aromatic N) is 2. The summed E-state index contributed by atoms with van der Waals surface area (Å²) in [6.45, 7) is 0. The fourth-order valence-electron chi connectivity index (χ4n) is 1.57. The molecule has 0 aliphatic rings. The van der Waals surface area contributed by atoms with Crippen molar-refractivity contribution in [3.8, 4) is 0 Å². The number of hydrogen-bond donors (Lipinski definition) is 0. The van der Waals surface area contributed by atoms with Crippen LogP contribution < -0.4 is 4.73 Å². The second-order valence-electron chi connectivity index (χ2n) is 3.59. The topological polar surface area (TPSA) is 104 Å². The molecule has 98 valence electrons. The van der Waals surface area contributed by atoms with Crippen molar-refractivity contribution in [1.29, 1.82) is 0 Å². The molecule has 2 rings (SSSR count). The van der Waals surface area contributed by atoms with Crippen molar-refractivity contribution < 1.29 is 18.1 Å². The van der Waals surface area contributed by atoms with Gasteiger partial charge in [-0.25, -0.2) is 8.42 Å². The van der Waals surface area contributed by atoms with E-state index in [2.05, 4.69) is 0 Å². The zero-order valence-corrected chi connectivity index (χ0v) is 10.3. The van der Waals surface area contributed by atoms with E-state index in [4.69, 9.17) is 0 Å². The first-order chi connectivity index (χ1) is 8.94. The maximum absolute atomic E-state index is 12.3. The van der Waals surface area contributed by atoms with Gasteiger partial charge in [-0.3, -0.25) is 10.1 Å². The number of nitro groups is 1. The van der Waals surface area contributed by atoms with Crippen molar-refractivity contribution in [2.45, 2.75) is 9.92 Å². The van der Waals surface area contributed by atoms with Gasteiger partial charge in [0.2, 0.25) is 0 Å². The van der Waals surface area contributed by atoms with Crippen LogP contribution >= 0.6 is 0 Å². The molecule has 0 N–H and O–H groups in total. The molecule has 7 nitrogen and oxygen atoms in total. The lowest BCUT2D eigenvalue weighted by molar-refractivity contribution is -0.646. The van der Waals surface area contributed by atoms with Crippen LogP contribution in [0.15, 0.2) is 58.6 Å². The Hall–Kier alpha value is -2.48. The van der Waals surface area contributed by atoms with Crippen molar-refractivity contribution in [3.05, 3.63) is 64.0 Å². The van der Waals surface area contributed by atoms with Gasteiger partial charge in [-0.1, -0.05) is 12.1 Å². The summed E-state index contributed by atoms with van der Waals surface area (Å²) in [5.74, 6) is 0. The first-order valence-electron chi connectivity index (χ1n) is 5.11. The number of hydrogen-bond acceptors (Lipinski definition) is 5. The summed E-state index contributed by atoms with van der Waals surface area (Å²) in [4.78, 5) is 9.54. The molecule has 8 heteroatoms. The first-order valence-corrected chi connectivity index (χ1v) is 6.59. The van der Waals surface area contributed by atoms with Gasteiger partial charge in [-0.15, -0.1) is 0 Å². The van der Waals surface area contributed by atoms with Crippen LogP contribution in [0, 0.1) is 15.3 Å². The Labute approximate surface area is 108 Å². The second-order valence-corrected chi connectivity index (χ2v) is 5.46. The maximum atomic E-state index is 12.3. The number of sulfone groups is 1. The molecule has 0 atom stereocenters. The molecular formula is C11H8N2O5S. The summed E-state index contributed by atoms with van der Waals surface area (Å²) in [6, 6.07) is 8.72. The standard InChI is InChI=1S/C11H8N2O5S/c14-12-8-4-3-7-11(12)19(17,18)10-6-2-1-5-9(10)13(15)16/h1-8H. The second kappa shape index (κ2) is 4.65.